The van der Waals surface area contributed by atoms with E-state index in [9.17, 15) is 0 Å². The average molecular weight is 198 g/mol. The number of halogens is 1. The maximum atomic E-state index is 6.30. The number of rotatable bonds is 2. The molecule has 0 aromatic heterocycles. The molecular weight excluding hydrogens is 195 g/mol. The van der Waals surface area contributed by atoms with Crippen molar-refractivity contribution in [3.63, 3.8) is 0 Å². The molecule has 0 atom stereocenters. The van der Waals surface area contributed by atoms with E-state index in [0.29, 0.717) is 0 Å². The van der Waals surface area contributed by atoms with Gasteiger partial charge in [-0.2, -0.15) is 0 Å². The van der Waals surface area contributed by atoms with Crippen molar-refractivity contribution in [1.29, 1.82) is 5.41 Å². The number of aliphatic imine (C=N–C) groups is 1. The Morgan fingerprint density at radius 3 is 2.67 bits per heavy atom. The van der Waals surface area contributed by atoms with E-state index in [-0.39, 0.29) is 0 Å². The minimum Gasteiger partial charge on any atom is -0.415 e. The van der Waals surface area contributed by atoms with E-state index >= 15 is 0 Å². The van der Waals surface area contributed by atoms with E-state index in [1.54, 1.807) is 23.0 Å². The van der Waals surface area contributed by atoms with Gasteiger partial charge in [-0.1, -0.05) is 0 Å². The van der Waals surface area contributed by atoms with Gasteiger partial charge in [-0.15, -0.1) is 0 Å². The molecule has 0 unspecified atom stereocenters. The van der Waals surface area contributed by atoms with Crippen LogP contribution < -0.4 is 0 Å². The van der Waals surface area contributed by atoms with Gasteiger partial charge in [-0.05, 0) is 0 Å². The summed E-state index contributed by atoms with van der Waals surface area (Å²) in [7, 11) is 0. The van der Waals surface area contributed by atoms with Gasteiger partial charge in [0.05, 0.1) is 0 Å². The Kier molecular flexibility index (Phi) is 4.76. The lowest BCUT2D eigenvalue weighted by Crippen LogP contribution is -1.66. The Morgan fingerprint density at radius 1 is 1.83 bits per heavy atom. The van der Waals surface area contributed by atoms with Crippen molar-refractivity contribution in [2.45, 2.75) is 0 Å². The predicted octanol–water partition coefficient (Wildman–Crippen LogP) is 0.988. The highest BCUT2D eigenvalue weighted by atomic mass is 127. The molecule has 0 aromatic rings. The van der Waals surface area contributed by atoms with Crippen LogP contribution in [-0.2, 0) is 3.07 Å². The zero-order valence-corrected chi connectivity index (χ0v) is 5.05. The smallest absolute Gasteiger partial charge is 0.193 e. The summed E-state index contributed by atoms with van der Waals surface area (Å²) >= 11 is 1.66. The summed E-state index contributed by atoms with van der Waals surface area (Å²) in [5.74, 6) is 0. The molecule has 0 aliphatic carbocycles. The lowest BCUT2D eigenvalue weighted by atomic mass is 11.3. The van der Waals surface area contributed by atoms with Crippen LogP contribution in [0.15, 0.2) is 4.99 Å². The first kappa shape index (κ1) is 5.87. The van der Waals surface area contributed by atoms with Gasteiger partial charge < -0.3 is 3.07 Å². The first-order valence-corrected chi connectivity index (χ1v) is 2.08. The minimum absolute atomic E-state index is 0.901. The van der Waals surface area contributed by atoms with Crippen LogP contribution in [0.25, 0.3) is 0 Å². The van der Waals surface area contributed by atoms with Crippen molar-refractivity contribution in [2.75, 3.05) is 0 Å². The van der Waals surface area contributed by atoms with E-state index in [0.717, 1.165) is 6.34 Å². The fourth-order valence-electron chi connectivity index (χ4n) is 0.0534. The van der Waals surface area contributed by atoms with Crippen LogP contribution in [0, 0.1) is 5.41 Å². The van der Waals surface area contributed by atoms with E-state index in [1.165, 1.54) is 6.40 Å². The molecule has 0 saturated heterocycles. The number of hydrogen-bond donors (Lipinski definition) is 1. The van der Waals surface area contributed by atoms with Crippen LogP contribution in [-0.4, -0.2) is 12.7 Å². The van der Waals surface area contributed by atoms with Crippen molar-refractivity contribution in [1.82, 2.24) is 0 Å². The van der Waals surface area contributed by atoms with Gasteiger partial charge in [-0.25, -0.2) is 4.99 Å². The highest BCUT2D eigenvalue weighted by Gasteiger charge is 1.55. The molecule has 0 aliphatic rings. The lowest BCUT2D eigenvalue weighted by Gasteiger charge is -1.71. The van der Waals surface area contributed by atoms with Gasteiger partial charge in [0, 0.05) is 0 Å². The third-order valence-electron chi connectivity index (χ3n) is 0.175. The van der Waals surface area contributed by atoms with Gasteiger partial charge >= 0.3 is 0 Å². The Hall–Kier alpha value is -0.130. The Morgan fingerprint density at radius 2 is 2.50 bits per heavy atom. The summed E-state index contributed by atoms with van der Waals surface area (Å²) in [5, 5.41) is 6.30. The molecule has 0 bridgehead atoms. The van der Waals surface area contributed by atoms with Crippen molar-refractivity contribution in [3.8, 4) is 0 Å². The molecule has 0 radical (unpaired) electrons. The van der Waals surface area contributed by atoms with E-state index < -0.39 is 0 Å². The SMILES string of the molecule is N=C/N=C\OI. The number of hydrogen-bond acceptors (Lipinski definition) is 2. The molecule has 0 heterocycles. The minimum atomic E-state index is 0.901. The van der Waals surface area contributed by atoms with Gasteiger partial charge in [0.25, 0.3) is 0 Å². The molecular formula is C2H3IN2O. The average Bonchev–Trinajstić information content (AvgIpc) is 1.61. The fraction of sp³-hybridized carbons (Fsp3) is 0. The Labute approximate surface area is 49.6 Å². The standard InChI is InChI=1S/C2H3IN2O/c3-6-2-5-1-4/h1-2,4H/b4-1?,5-2-. The topological polar surface area (TPSA) is 45.4 Å². The fourth-order valence-corrected chi connectivity index (χ4v) is 0.185. The second kappa shape index (κ2) is 4.87. The Balaban J connectivity index is 2.94. The van der Waals surface area contributed by atoms with Crippen LogP contribution in [0.5, 0.6) is 0 Å². The van der Waals surface area contributed by atoms with Crippen LogP contribution >= 0.6 is 23.0 Å². The zero-order chi connectivity index (χ0) is 4.83. The van der Waals surface area contributed by atoms with E-state index in [2.05, 4.69) is 8.06 Å². The number of nitrogens with zero attached hydrogens (tertiary/aromatic N) is 1. The molecule has 0 aliphatic heterocycles. The molecule has 0 aromatic carbocycles. The third kappa shape index (κ3) is 3.87. The molecule has 34 valence electrons. The van der Waals surface area contributed by atoms with Crippen molar-refractivity contribution >= 4 is 35.7 Å². The largest absolute Gasteiger partial charge is 0.415 e. The second-order valence-corrected chi connectivity index (χ2v) is 0.981. The molecule has 0 fully saturated rings. The molecule has 1 N–H and O–H groups in total. The van der Waals surface area contributed by atoms with Crippen LogP contribution in [0.1, 0.15) is 0 Å². The summed E-state index contributed by atoms with van der Waals surface area (Å²) in [5.41, 5.74) is 0. The first-order valence-electron chi connectivity index (χ1n) is 1.20. The van der Waals surface area contributed by atoms with Crippen LogP contribution in [0.3, 0.4) is 0 Å². The Bertz CT molecular complexity index is 62.6. The summed E-state index contributed by atoms with van der Waals surface area (Å²) in [6.07, 6.45) is 2.08. The maximum absolute atomic E-state index is 6.30. The summed E-state index contributed by atoms with van der Waals surface area (Å²) in [6.45, 7) is 0. The second-order valence-electron chi connectivity index (χ2n) is 0.473. The maximum Gasteiger partial charge on any atom is 0.193 e. The summed E-state index contributed by atoms with van der Waals surface area (Å²) in [6, 6.07) is 0. The molecule has 0 amide bonds. The van der Waals surface area contributed by atoms with Gasteiger partial charge in [-0.3, -0.25) is 5.41 Å². The molecule has 0 spiro atoms. The molecule has 0 rings (SSSR count). The molecule has 4 heteroatoms. The van der Waals surface area contributed by atoms with Gasteiger partial charge in [0.1, 0.15) is 6.34 Å². The zero-order valence-electron chi connectivity index (χ0n) is 2.89. The van der Waals surface area contributed by atoms with Crippen molar-refractivity contribution in [2.24, 2.45) is 4.99 Å². The first-order chi connectivity index (χ1) is 2.91. The quantitative estimate of drug-likeness (QED) is 0.401. The van der Waals surface area contributed by atoms with Crippen molar-refractivity contribution in [3.05, 3.63) is 0 Å². The predicted molar refractivity (Wildman–Crippen MR) is 32.4 cm³/mol. The van der Waals surface area contributed by atoms with Crippen LogP contribution in [0.2, 0.25) is 0 Å². The summed E-state index contributed by atoms with van der Waals surface area (Å²) in [4.78, 5) is 3.28. The number of nitrogens with one attached hydrogen (secondary N) is 1. The van der Waals surface area contributed by atoms with Crippen LogP contribution in [0.4, 0.5) is 0 Å². The molecule has 6 heavy (non-hydrogen) atoms. The molecule has 3 nitrogen and oxygen atoms in total. The van der Waals surface area contributed by atoms with E-state index in [4.69, 9.17) is 5.41 Å². The van der Waals surface area contributed by atoms with Gasteiger partial charge in [0.15, 0.2) is 29.4 Å². The third-order valence-corrected chi connectivity index (χ3v) is 0.403. The highest BCUT2D eigenvalue weighted by Crippen LogP contribution is 1.75. The summed E-state index contributed by atoms with van der Waals surface area (Å²) < 4.78 is 4.31. The molecule has 0 saturated carbocycles. The monoisotopic (exact) mass is 198 g/mol. The normalized spacial score (nSPS) is 8.83. The van der Waals surface area contributed by atoms with Gasteiger partial charge in [0.2, 0.25) is 0 Å². The lowest BCUT2D eigenvalue weighted by molar-refractivity contribution is 0.753. The van der Waals surface area contributed by atoms with E-state index in [1.807, 2.05) is 0 Å². The highest BCUT2D eigenvalue weighted by molar-refractivity contribution is 14.1. The van der Waals surface area contributed by atoms with Crippen molar-refractivity contribution < 1.29 is 3.07 Å².